The van der Waals surface area contributed by atoms with Gasteiger partial charge < -0.3 is 4.74 Å². The molecular weight excluding hydrogens is 222 g/mol. The number of allylic oxidation sites excluding steroid dienone is 1. The third-order valence-corrected chi connectivity index (χ3v) is 5.29. The summed E-state index contributed by atoms with van der Waals surface area (Å²) in [5.41, 5.74) is 1.34. The number of hydrogen-bond donors (Lipinski definition) is 0. The molecule has 0 atom stereocenters. The summed E-state index contributed by atoms with van der Waals surface area (Å²) in [4.78, 5) is 0. The van der Waals surface area contributed by atoms with Gasteiger partial charge in [0.15, 0.2) is 0 Å². The zero-order chi connectivity index (χ0) is 12.6. The van der Waals surface area contributed by atoms with Gasteiger partial charge in [-0.25, -0.2) is 0 Å². The molecule has 4 aliphatic carbocycles. The van der Waals surface area contributed by atoms with Crippen molar-refractivity contribution in [3.8, 4) is 6.07 Å². The van der Waals surface area contributed by atoms with Crippen LogP contribution in [0.2, 0.25) is 0 Å². The SMILES string of the molecule is COCC/C(C#N)=C\C12CC3CC(CC(C3)C1)C2. The maximum absolute atomic E-state index is 9.28. The van der Waals surface area contributed by atoms with Crippen molar-refractivity contribution in [2.75, 3.05) is 13.7 Å². The first-order valence-electron chi connectivity index (χ1n) is 7.34. The topological polar surface area (TPSA) is 33.0 Å². The molecule has 18 heavy (non-hydrogen) atoms. The molecule has 0 amide bonds. The van der Waals surface area contributed by atoms with Crippen LogP contribution in [0.1, 0.15) is 44.9 Å². The zero-order valence-corrected chi connectivity index (χ0v) is 11.3. The Balaban J connectivity index is 1.78. The highest BCUT2D eigenvalue weighted by atomic mass is 16.5. The van der Waals surface area contributed by atoms with Gasteiger partial charge in [0.05, 0.1) is 12.7 Å². The molecule has 0 aromatic heterocycles. The molecule has 0 aliphatic heterocycles. The fraction of sp³-hybridized carbons (Fsp3) is 0.812. The normalized spacial score (nSPS) is 42.0. The van der Waals surface area contributed by atoms with E-state index in [0.29, 0.717) is 12.0 Å². The van der Waals surface area contributed by atoms with Crippen molar-refractivity contribution in [2.24, 2.45) is 23.2 Å². The Bertz CT molecular complexity index is 355. The molecule has 4 bridgehead atoms. The Hall–Kier alpha value is -0.810. The smallest absolute Gasteiger partial charge is 0.0944 e. The molecule has 0 heterocycles. The highest BCUT2D eigenvalue weighted by Crippen LogP contribution is 2.60. The van der Waals surface area contributed by atoms with Gasteiger partial charge in [-0.15, -0.1) is 0 Å². The van der Waals surface area contributed by atoms with E-state index in [-0.39, 0.29) is 0 Å². The lowest BCUT2D eigenvalue weighted by Gasteiger charge is -2.56. The molecule has 2 heteroatoms. The highest BCUT2D eigenvalue weighted by Gasteiger charge is 2.49. The largest absolute Gasteiger partial charge is 0.384 e. The van der Waals surface area contributed by atoms with E-state index in [2.05, 4.69) is 12.1 Å². The summed E-state index contributed by atoms with van der Waals surface area (Å²) in [6.45, 7) is 0.672. The molecule has 4 fully saturated rings. The van der Waals surface area contributed by atoms with E-state index in [4.69, 9.17) is 4.74 Å². The van der Waals surface area contributed by atoms with Crippen LogP contribution in [-0.4, -0.2) is 13.7 Å². The van der Waals surface area contributed by atoms with E-state index in [9.17, 15) is 5.26 Å². The van der Waals surface area contributed by atoms with Crippen LogP contribution in [0, 0.1) is 34.5 Å². The molecule has 0 spiro atoms. The van der Waals surface area contributed by atoms with Crippen molar-refractivity contribution in [1.82, 2.24) is 0 Å². The van der Waals surface area contributed by atoms with Gasteiger partial charge in [0.25, 0.3) is 0 Å². The van der Waals surface area contributed by atoms with Crippen LogP contribution in [-0.2, 0) is 4.74 Å². The van der Waals surface area contributed by atoms with Gasteiger partial charge in [-0.1, -0.05) is 6.08 Å². The highest BCUT2D eigenvalue weighted by molar-refractivity contribution is 5.26. The number of rotatable bonds is 4. The minimum Gasteiger partial charge on any atom is -0.384 e. The van der Waals surface area contributed by atoms with E-state index in [0.717, 1.165) is 29.7 Å². The molecule has 0 radical (unpaired) electrons. The molecule has 0 N–H and O–H groups in total. The number of nitrogens with zero attached hydrogens (tertiary/aromatic N) is 1. The summed E-state index contributed by atoms with van der Waals surface area (Å²) in [5, 5.41) is 9.28. The Morgan fingerprint density at radius 2 is 1.78 bits per heavy atom. The average molecular weight is 245 g/mol. The molecule has 2 nitrogen and oxygen atoms in total. The van der Waals surface area contributed by atoms with Crippen molar-refractivity contribution in [3.63, 3.8) is 0 Å². The van der Waals surface area contributed by atoms with Crippen molar-refractivity contribution in [2.45, 2.75) is 44.9 Å². The minimum atomic E-state index is 0.382. The first-order chi connectivity index (χ1) is 8.73. The fourth-order valence-corrected chi connectivity index (χ4v) is 5.10. The minimum absolute atomic E-state index is 0.382. The van der Waals surface area contributed by atoms with Crippen molar-refractivity contribution in [3.05, 3.63) is 11.6 Å². The quantitative estimate of drug-likeness (QED) is 0.708. The summed E-state index contributed by atoms with van der Waals surface area (Å²) in [7, 11) is 1.71. The van der Waals surface area contributed by atoms with Crippen molar-refractivity contribution in [1.29, 1.82) is 5.26 Å². The predicted molar refractivity (Wildman–Crippen MR) is 70.8 cm³/mol. The second-order valence-electron chi connectivity index (χ2n) is 6.80. The molecule has 98 valence electrons. The Morgan fingerprint density at radius 3 is 2.22 bits per heavy atom. The van der Waals surface area contributed by atoms with E-state index in [1.165, 1.54) is 38.5 Å². The van der Waals surface area contributed by atoms with Crippen LogP contribution in [0.25, 0.3) is 0 Å². The fourth-order valence-electron chi connectivity index (χ4n) is 5.10. The van der Waals surface area contributed by atoms with Gasteiger partial charge in [0.1, 0.15) is 0 Å². The van der Waals surface area contributed by atoms with Gasteiger partial charge in [-0.05, 0) is 61.7 Å². The van der Waals surface area contributed by atoms with E-state index in [1.54, 1.807) is 7.11 Å². The van der Waals surface area contributed by atoms with E-state index < -0.39 is 0 Å². The first kappa shape index (κ1) is 12.2. The third-order valence-electron chi connectivity index (χ3n) is 5.29. The van der Waals surface area contributed by atoms with Crippen LogP contribution >= 0.6 is 0 Å². The van der Waals surface area contributed by atoms with Crippen molar-refractivity contribution < 1.29 is 4.74 Å². The van der Waals surface area contributed by atoms with E-state index in [1.807, 2.05) is 0 Å². The molecular formula is C16H23NO. The Kier molecular flexibility index (Phi) is 3.20. The van der Waals surface area contributed by atoms with E-state index >= 15 is 0 Å². The molecule has 0 saturated heterocycles. The Labute approximate surface area is 110 Å². The van der Waals surface area contributed by atoms with Gasteiger partial charge in [-0.3, -0.25) is 0 Å². The maximum atomic E-state index is 9.28. The standard InChI is InChI=1S/C16H23NO/c1-18-3-2-12(11-17)7-16-8-13-4-14(9-16)6-15(5-13)10-16/h7,13-15H,2-6,8-10H2,1H3/b12-7+. The maximum Gasteiger partial charge on any atom is 0.0944 e. The van der Waals surface area contributed by atoms with Crippen LogP contribution in [0.5, 0.6) is 0 Å². The number of nitriles is 1. The molecule has 0 unspecified atom stereocenters. The predicted octanol–water partition coefficient (Wildman–Crippen LogP) is 3.69. The monoisotopic (exact) mass is 245 g/mol. The van der Waals surface area contributed by atoms with Gasteiger partial charge in [0.2, 0.25) is 0 Å². The second kappa shape index (κ2) is 4.70. The lowest BCUT2D eigenvalue weighted by molar-refractivity contribution is -0.0241. The summed E-state index contributed by atoms with van der Waals surface area (Å²) >= 11 is 0. The van der Waals surface area contributed by atoms with Crippen LogP contribution in [0.4, 0.5) is 0 Å². The molecule has 0 aromatic rings. The van der Waals surface area contributed by atoms with Gasteiger partial charge in [-0.2, -0.15) is 5.26 Å². The summed E-state index contributed by atoms with van der Waals surface area (Å²) in [6, 6.07) is 2.39. The molecule has 4 rings (SSSR count). The third kappa shape index (κ3) is 2.21. The molecule has 4 aliphatic rings. The van der Waals surface area contributed by atoms with Gasteiger partial charge >= 0.3 is 0 Å². The Morgan fingerprint density at radius 1 is 1.22 bits per heavy atom. The van der Waals surface area contributed by atoms with Crippen LogP contribution in [0.15, 0.2) is 11.6 Å². The molecule has 4 saturated carbocycles. The lowest BCUT2D eigenvalue weighted by atomic mass is 9.49. The number of ether oxygens (including phenoxy) is 1. The molecule has 0 aromatic carbocycles. The van der Waals surface area contributed by atoms with Crippen molar-refractivity contribution >= 4 is 0 Å². The second-order valence-corrected chi connectivity index (χ2v) is 6.80. The van der Waals surface area contributed by atoms with Crippen LogP contribution < -0.4 is 0 Å². The first-order valence-corrected chi connectivity index (χ1v) is 7.34. The number of methoxy groups -OCH3 is 1. The summed E-state index contributed by atoms with van der Waals surface area (Å²) in [5.74, 6) is 2.86. The summed E-state index contributed by atoms with van der Waals surface area (Å²) in [6.07, 6.45) is 11.6. The summed E-state index contributed by atoms with van der Waals surface area (Å²) < 4.78 is 5.10. The van der Waals surface area contributed by atoms with Gasteiger partial charge in [0, 0.05) is 19.1 Å². The van der Waals surface area contributed by atoms with Crippen LogP contribution in [0.3, 0.4) is 0 Å². The zero-order valence-electron chi connectivity index (χ0n) is 11.3. The average Bonchev–Trinajstić information content (AvgIpc) is 2.32. The lowest BCUT2D eigenvalue weighted by Crippen LogP contribution is -2.45. The number of hydrogen-bond acceptors (Lipinski definition) is 2.